The summed E-state index contributed by atoms with van der Waals surface area (Å²) in [5.74, 6) is 0.793. The van der Waals surface area contributed by atoms with Gasteiger partial charge in [0.15, 0.2) is 0 Å². The van der Waals surface area contributed by atoms with Crippen LogP contribution in [0.2, 0.25) is 0 Å². The fraction of sp³-hybridized carbons (Fsp3) is 0.353. The van der Waals surface area contributed by atoms with Gasteiger partial charge < -0.3 is 15.4 Å². The van der Waals surface area contributed by atoms with Crippen LogP contribution in [0.5, 0.6) is 5.75 Å². The highest BCUT2D eigenvalue weighted by Crippen LogP contribution is 2.19. The molecule has 0 atom stereocenters. The average molecular weight is 316 g/mol. The average Bonchev–Trinajstić information content (AvgIpc) is 3.07. The normalized spacial score (nSPS) is 15.8. The van der Waals surface area contributed by atoms with Gasteiger partial charge >= 0.3 is 0 Å². The lowest BCUT2D eigenvalue weighted by Crippen LogP contribution is -2.42. The molecule has 1 aliphatic rings. The van der Waals surface area contributed by atoms with Crippen molar-refractivity contribution in [2.24, 2.45) is 5.73 Å². The number of hydrogen-bond donors (Lipinski definition) is 1. The summed E-state index contributed by atoms with van der Waals surface area (Å²) >= 11 is 1.66. The van der Waals surface area contributed by atoms with Crippen molar-refractivity contribution in [3.05, 3.63) is 52.2 Å². The second-order valence-corrected chi connectivity index (χ2v) is 6.56. The molecule has 1 amide bonds. The zero-order chi connectivity index (χ0) is 15.4. The zero-order valence-corrected chi connectivity index (χ0v) is 13.2. The number of likely N-dealkylation sites (tertiary alicyclic amines) is 1. The molecular formula is C17H20N2O2S. The highest BCUT2D eigenvalue weighted by molar-refractivity contribution is 7.09. The van der Waals surface area contributed by atoms with E-state index in [0.29, 0.717) is 12.2 Å². The highest BCUT2D eigenvalue weighted by Gasteiger charge is 2.21. The van der Waals surface area contributed by atoms with E-state index in [4.69, 9.17) is 10.5 Å². The molecule has 4 nitrogen and oxygen atoms in total. The van der Waals surface area contributed by atoms with Gasteiger partial charge in [-0.25, -0.2) is 0 Å². The number of amides is 1. The van der Waals surface area contributed by atoms with Gasteiger partial charge in [0, 0.05) is 29.6 Å². The summed E-state index contributed by atoms with van der Waals surface area (Å²) in [7, 11) is 0. The van der Waals surface area contributed by atoms with Crippen LogP contribution in [0.4, 0.5) is 0 Å². The Morgan fingerprint density at radius 1 is 1.27 bits per heavy atom. The van der Waals surface area contributed by atoms with Crippen LogP contribution in [-0.2, 0) is 6.61 Å². The smallest absolute Gasteiger partial charge is 0.253 e. The van der Waals surface area contributed by atoms with E-state index in [1.165, 1.54) is 4.88 Å². The van der Waals surface area contributed by atoms with E-state index >= 15 is 0 Å². The number of carbonyl (C=O) groups is 1. The van der Waals surface area contributed by atoms with E-state index in [1.54, 1.807) is 11.3 Å². The summed E-state index contributed by atoms with van der Waals surface area (Å²) in [5, 5.41) is 2.03. The predicted octanol–water partition coefficient (Wildman–Crippen LogP) is 2.89. The van der Waals surface area contributed by atoms with E-state index in [0.717, 1.165) is 31.7 Å². The van der Waals surface area contributed by atoms with Gasteiger partial charge in [-0.2, -0.15) is 0 Å². The lowest BCUT2D eigenvalue weighted by atomic mass is 10.0. The molecule has 2 heterocycles. The van der Waals surface area contributed by atoms with Crippen LogP contribution in [0.25, 0.3) is 0 Å². The molecule has 0 bridgehead atoms. The molecule has 0 radical (unpaired) electrons. The summed E-state index contributed by atoms with van der Waals surface area (Å²) in [4.78, 5) is 15.6. The van der Waals surface area contributed by atoms with Gasteiger partial charge in [0.25, 0.3) is 5.91 Å². The van der Waals surface area contributed by atoms with Crippen molar-refractivity contribution < 1.29 is 9.53 Å². The molecule has 1 aromatic carbocycles. The number of hydrogen-bond acceptors (Lipinski definition) is 4. The molecule has 2 N–H and O–H groups in total. The van der Waals surface area contributed by atoms with Crippen molar-refractivity contribution in [2.45, 2.75) is 25.5 Å². The number of ether oxygens (including phenoxy) is 1. The number of piperidine rings is 1. The Balaban J connectivity index is 1.64. The summed E-state index contributed by atoms with van der Waals surface area (Å²) in [6.07, 6.45) is 1.75. The molecule has 2 aromatic rings. The topological polar surface area (TPSA) is 55.6 Å². The van der Waals surface area contributed by atoms with Crippen LogP contribution in [0, 0.1) is 0 Å². The third-order valence-electron chi connectivity index (χ3n) is 3.87. The molecule has 3 rings (SSSR count). The number of rotatable bonds is 4. The fourth-order valence-corrected chi connectivity index (χ4v) is 3.17. The lowest BCUT2D eigenvalue weighted by Gasteiger charge is -2.30. The summed E-state index contributed by atoms with van der Waals surface area (Å²) in [6.45, 7) is 2.01. The molecule has 0 saturated carbocycles. The third-order valence-corrected chi connectivity index (χ3v) is 4.72. The summed E-state index contributed by atoms with van der Waals surface area (Å²) < 4.78 is 5.77. The minimum Gasteiger partial charge on any atom is -0.488 e. The largest absolute Gasteiger partial charge is 0.488 e. The van der Waals surface area contributed by atoms with E-state index in [1.807, 2.05) is 46.7 Å². The molecule has 1 aliphatic heterocycles. The minimum atomic E-state index is 0.0634. The van der Waals surface area contributed by atoms with Crippen molar-refractivity contribution in [3.63, 3.8) is 0 Å². The number of carbonyl (C=O) groups excluding carboxylic acids is 1. The zero-order valence-electron chi connectivity index (χ0n) is 12.4. The van der Waals surface area contributed by atoms with Crippen molar-refractivity contribution in [3.8, 4) is 5.75 Å². The first-order chi connectivity index (χ1) is 10.7. The molecule has 1 aromatic heterocycles. The first-order valence-electron chi connectivity index (χ1n) is 7.52. The molecule has 5 heteroatoms. The molecule has 0 aliphatic carbocycles. The van der Waals surface area contributed by atoms with Gasteiger partial charge in [0.1, 0.15) is 12.4 Å². The number of benzene rings is 1. The second kappa shape index (κ2) is 6.94. The van der Waals surface area contributed by atoms with Gasteiger partial charge in [0.05, 0.1) is 0 Å². The van der Waals surface area contributed by atoms with Gasteiger partial charge in [-0.05, 0) is 42.5 Å². The van der Waals surface area contributed by atoms with E-state index in [-0.39, 0.29) is 11.9 Å². The van der Waals surface area contributed by atoms with Gasteiger partial charge in [-0.1, -0.05) is 12.1 Å². The Morgan fingerprint density at radius 3 is 2.82 bits per heavy atom. The van der Waals surface area contributed by atoms with Crippen molar-refractivity contribution >= 4 is 17.2 Å². The van der Waals surface area contributed by atoms with E-state index < -0.39 is 0 Å². The quantitative estimate of drug-likeness (QED) is 0.943. The van der Waals surface area contributed by atoms with Crippen molar-refractivity contribution in [2.75, 3.05) is 13.1 Å². The Kier molecular flexibility index (Phi) is 4.75. The third kappa shape index (κ3) is 3.67. The SMILES string of the molecule is NC1CCN(C(=O)c2cccc(OCc3cccs3)c2)CC1. The maximum Gasteiger partial charge on any atom is 0.253 e. The van der Waals surface area contributed by atoms with Crippen molar-refractivity contribution in [1.29, 1.82) is 0 Å². The Morgan fingerprint density at radius 2 is 2.09 bits per heavy atom. The molecule has 1 fully saturated rings. The van der Waals surface area contributed by atoms with Crippen LogP contribution in [0.3, 0.4) is 0 Å². The molecule has 22 heavy (non-hydrogen) atoms. The Hall–Kier alpha value is -1.85. The predicted molar refractivity (Wildman–Crippen MR) is 88.2 cm³/mol. The molecule has 1 saturated heterocycles. The van der Waals surface area contributed by atoms with Gasteiger partial charge in [-0.3, -0.25) is 4.79 Å². The monoisotopic (exact) mass is 316 g/mol. The first-order valence-corrected chi connectivity index (χ1v) is 8.40. The van der Waals surface area contributed by atoms with Crippen LogP contribution in [0.1, 0.15) is 28.1 Å². The first kappa shape index (κ1) is 15.1. The lowest BCUT2D eigenvalue weighted by molar-refractivity contribution is 0.0714. The molecular weight excluding hydrogens is 296 g/mol. The van der Waals surface area contributed by atoms with Crippen LogP contribution in [0.15, 0.2) is 41.8 Å². The summed E-state index contributed by atoms with van der Waals surface area (Å²) in [5.41, 5.74) is 6.57. The standard InChI is InChI=1S/C17H20N2O2S/c18-14-6-8-19(9-7-14)17(20)13-3-1-4-15(11-13)21-12-16-5-2-10-22-16/h1-5,10-11,14H,6-9,12,18H2. The van der Waals surface area contributed by atoms with Crippen LogP contribution >= 0.6 is 11.3 Å². The number of nitrogens with zero attached hydrogens (tertiary/aromatic N) is 1. The molecule has 0 unspecified atom stereocenters. The van der Waals surface area contributed by atoms with E-state index in [2.05, 4.69) is 0 Å². The maximum absolute atomic E-state index is 12.5. The maximum atomic E-state index is 12.5. The number of nitrogens with two attached hydrogens (primary N) is 1. The van der Waals surface area contributed by atoms with Gasteiger partial charge in [0.2, 0.25) is 0 Å². The van der Waals surface area contributed by atoms with Crippen LogP contribution < -0.4 is 10.5 Å². The fourth-order valence-electron chi connectivity index (χ4n) is 2.55. The van der Waals surface area contributed by atoms with Crippen LogP contribution in [-0.4, -0.2) is 29.9 Å². The number of thiophene rings is 1. The Bertz CT molecular complexity index is 619. The highest BCUT2D eigenvalue weighted by atomic mass is 32.1. The van der Waals surface area contributed by atoms with Crippen molar-refractivity contribution in [1.82, 2.24) is 4.90 Å². The van der Waals surface area contributed by atoms with Gasteiger partial charge in [-0.15, -0.1) is 11.3 Å². The summed E-state index contributed by atoms with van der Waals surface area (Å²) in [6, 6.07) is 11.7. The Labute approximate surface area is 134 Å². The second-order valence-electron chi connectivity index (χ2n) is 5.53. The molecule has 116 valence electrons. The minimum absolute atomic E-state index is 0.0634. The van der Waals surface area contributed by atoms with E-state index in [9.17, 15) is 4.79 Å². The molecule has 0 spiro atoms.